The predicted octanol–water partition coefficient (Wildman–Crippen LogP) is 4.31. The zero-order valence-electron chi connectivity index (χ0n) is 15.4. The number of hydrogen-bond acceptors (Lipinski definition) is 4. The summed E-state index contributed by atoms with van der Waals surface area (Å²) in [5.74, 6) is -0.759. The Hall–Kier alpha value is -2.35. The maximum atomic E-state index is 13.7. The molecule has 0 unspecified atom stereocenters. The number of rotatable bonds is 5. The highest BCUT2D eigenvalue weighted by Crippen LogP contribution is 2.36. The number of carbonyl (C=O) groups excluding carboxylic acids is 1. The third kappa shape index (κ3) is 4.32. The lowest BCUT2D eigenvalue weighted by atomic mass is 10.2. The molecular formula is C19H15Cl3FN3O3. The van der Waals surface area contributed by atoms with Crippen LogP contribution in [0.15, 0.2) is 29.2 Å². The topological polar surface area (TPSA) is 73.2 Å². The van der Waals surface area contributed by atoms with Gasteiger partial charge in [0, 0.05) is 18.7 Å². The Morgan fingerprint density at radius 1 is 1.21 bits per heavy atom. The van der Waals surface area contributed by atoms with E-state index in [1.807, 2.05) is 0 Å². The standard InChI is InChI=1S/C19H15Cl3FN3O3/c1-9-5-15(28)16-18(26(9)17-12(20)6-11(23)7-13(17)21)14(22)8-25-19(16)29-4-3-24-10(2)27/h5-8H,3-4H2,1-2H3,(H,24,27). The summed E-state index contributed by atoms with van der Waals surface area (Å²) in [6.45, 7) is 3.38. The SMILES string of the molecule is CC(=O)NCCOc1ncc(Cl)c2c1c(=O)cc(C)n2-c1c(Cl)cc(F)cc1Cl. The van der Waals surface area contributed by atoms with Crippen LogP contribution in [0.5, 0.6) is 5.88 Å². The van der Waals surface area contributed by atoms with Crippen LogP contribution in [0.3, 0.4) is 0 Å². The summed E-state index contributed by atoms with van der Waals surface area (Å²) in [4.78, 5) is 27.8. The Labute approximate surface area is 180 Å². The molecule has 2 aromatic heterocycles. The van der Waals surface area contributed by atoms with Crippen molar-refractivity contribution in [3.8, 4) is 11.6 Å². The second-order valence-electron chi connectivity index (χ2n) is 6.17. The van der Waals surface area contributed by atoms with Gasteiger partial charge in [-0.05, 0) is 19.1 Å². The van der Waals surface area contributed by atoms with Crippen LogP contribution in [-0.4, -0.2) is 28.6 Å². The number of benzene rings is 1. The van der Waals surface area contributed by atoms with Crippen LogP contribution in [0.25, 0.3) is 16.6 Å². The van der Waals surface area contributed by atoms with Crippen molar-refractivity contribution in [2.75, 3.05) is 13.2 Å². The summed E-state index contributed by atoms with van der Waals surface area (Å²) < 4.78 is 20.8. The fraction of sp³-hybridized carbons (Fsp3) is 0.211. The van der Waals surface area contributed by atoms with Crippen LogP contribution in [0.2, 0.25) is 15.1 Å². The van der Waals surface area contributed by atoms with Gasteiger partial charge in [-0.15, -0.1) is 0 Å². The minimum Gasteiger partial charge on any atom is -0.475 e. The van der Waals surface area contributed by atoms with Crippen molar-refractivity contribution in [3.63, 3.8) is 0 Å². The fourth-order valence-corrected chi connectivity index (χ4v) is 3.78. The molecule has 0 atom stereocenters. The van der Waals surface area contributed by atoms with E-state index in [1.54, 1.807) is 11.5 Å². The quantitative estimate of drug-likeness (QED) is 0.578. The molecule has 0 aliphatic heterocycles. The summed E-state index contributed by atoms with van der Waals surface area (Å²) in [6, 6.07) is 3.59. The highest BCUT2D eigenvalue weighted by Gasteiger charge is 2.20. The van der Waals surface area contributed by atoms with Gasteiger partial charge < -0.3 is 14.6 Å². The lowest BCUT2D eigenvalue weighted by Crippen LogP contribution is -2.25. The van der Waals surface area contributed by atoms with Gasteiger partial charge in [0.15, 0.2) is 5.43 Å². The number of fused-ring (bicyclic) bond motifs is 1. The monoisotopic (exact) mass is 457 g/mol. The van der Waals surface area contributed by atoms with E-state index < -0.39 is 5.82 Å². The van der Waals surface area contributed by atoms with Crippen LogP contribution in [0.1, 0.15) is 12.6 Å². The molecule has 0 aliphatic rings. The maximum absolute atomic E-state index is 13.7. The largest absolute Gasteiger partial charge is 0.475 e. The number of pyridine rings is 2. The Morgan fingerprint density at radius 2 is 1.86 bits per heavy atom. The number of aromatic nitrogens is 2. The molecule has 29 heavy (non-hydrogen) atoms. The molecule has 0 aliphatic carbocycles. The van der Waals surface area contributed by atoms with Gasteiger partial charge in [0.25, 0.3) is 0 Å². The Bertz CT molecular complexity index is 1160. The molecule has 3 aromatic rings. The Kier molecular flexibility index (Phi) is 6.31. The summed E-state index contributed by atoms with van der Waals surface area (Å²) >= 11 is 18.9. The third-order valence-corrected chi connectivity index (χ3v) is 4.91. The molecular weight excluding hydrogens is 444 g/mol. The van der Waals surface area contributed by atoms with Crippen LogP contribution < -0.4 is 15.5 Å². The molecule has 10 heteroatoms. The first-order valence-corrected chi connectivity index (χ1v) is 9.57. The first-order valence-electron chi connectivity index (χ1n) is 8.43. The van der Waals surface area contributed by atoms with Crippen LogP contribution in [0, 0.1) is 12.7 Å². The van der Waals surface area contributed by atoms with E-state index in [0.717, 1.165) is 12.1 Å². The van der Waals surface area contributed by atoms with E-state index in [0.29, 0.717) is 5.69 Å². The van der Waals surface area contributed by atoms with Gasteiger partial charge in [0.1, 0.15) is 17.8 Å². The number of amides is 1. The lowest BCUT2D eigenvalue weighted by molar-refractivity contribution is -0.119. The van der Waals surface area contributed by atoms with Gasteiger partial charge in [-0.1, -0.05) is 34.8 Å². The van der Waals surface area contributed by atoms with Gasteiger partial charge in [0.05, 0.1) is 39.0 Å². The van der Waals surface area contributed by atoms with Crippen molar-refractivity contribution >= 4 is 51.6 Å². The van der Waals surface area contributed by atoms with Gasteiger partial charge in [0.2, 0.25) is 11.8 Å². The van der Waals surface area contributed by atoms with Crippen LogP contribution in [0.4, 0.5) is 4.39 Å². The van der Waals surface area contributed by atoms with Gasteiger partial charge in [-0.25, -0.2) is 9.37 Å². The van der Waals surface area contributed by atoms with Crippen molar-refractivity contribution in [2.45, 2.75) is 13.8 Å². The summed E-state index contributed by atoms with van der Waals surface area (Å²) in [5, 5.41) is 2.95. The molecule has 3 rings (SSSR count). The molecule has 0 bridgehead atoms. The third-order valence-electron chi connectivity index (χ3n) is 4.05. The summed E-state index contributed by atoms with van der Waals surface area (Å²) in [6.07, 6.45) is 1.33. The molecule has 2 heterocycles. The molecule has 1 amide bonds. The lowest BCUT2D eigenvalue weighted by Gasteiger charge is -2.19. The van der Waals surface area contributed by atoms with E-state index >= 15 is 0 Å². The zero-order valence-corrected chi connectivity index (χ0v) is 17.6. The molecule has 0 saturated carbocycles. The molecule has 6 nitrogen and oxygen atoms in total. The average molecular weight is 459 g/mol. The second kappa shape index (κ2) is 8.57. The first kappa shape index (κ1) is 21.4. The van der Waals surface area contributed by atoms with Crippen LogP contribution in [-0.2, 0) is 4.79 Å². The Balaban J connectivity index is 2.24. The average Bonchev–Trinajstić information content (AvgIpc) is 2.61. The number of aryl methyl sites for hydroxylation is 1. The summed E-state index contributed by atoms with van der Waals surface area (Å²) in [5.41, 5.74) is 0.661. The van der Waals surface area contributed by atoms with Gasteiger partial charge in [-0.3, -0.25) is 9.59 Å². The highest BCUT2D eigenvalue weighted by atomic mass is 35.5. The number of halogens is 4. The van der Waals surface area contributed by atoms with Crippen molar-refractivity contribution in [2.24, 2.45) is 0 Å². The van der Waals surface area contributed by atoms with Crippen molar-refractivity contribution < 1.29 is 13.9 Å². The number of nitrogens with one attached hydrogen (secondary N) is 1. The van der Waals surface area contributed by atoms with E-state index in [1.165, 1.54) is 19.2 Å². The van der Waals surface area contributed by atoms with Crippen molar-refractivity contribution in [1.82, 2.24) is 14.9 Å². The molecule has 0 fully saturated rings. The number of carbonyl (C=O) groups is 1. The Morgan fingerprint density at radius 3 is 2.48 bits per heavy atom. The van der Waals surface area contributed by atoms with Gasteiger partial charge in [-0.2, -0.15) is 0 Å². The first-order chi connectivity index (χ1) is 13.7. The minimum absolute atomic E-state index is 0.0443. The molecule has 0 saturated heterocycles. The fourth-order valence-electron chi connectivity index (χ4n) is 2.93. The smallest absolute Gasteiger partial charge is 0.227 e. The number of hydrogen-bond donors (Lipinski definition) is 1. The van der Waals surface area contributed by atoms with Gasteiger partial charge >= 0.3 is 0 Å². The van der Waals surface area contributed by atoms with E-state index in [2.05, 4.69) is 10.3 Å². The molecule has 1 N–H and O–H groups in total. The molecule has 0 radical (unpaired) electrons. The molecule has 1 aromatic carbocycles. The van der Waals surface area contributed by atoms with Crippen molar-refractivity contribution in [3.05, 3.63) is 61.2 Å². The highest BCUT2D eigenvalue weighted by molar-refractivity contribution is 6.38. The molecule has 152 valence electrons. The van der Waals surface area contributed by atoms with E-state index in [-0.39, 0.29) is 62.0 Å². The summed E-state index contributed by atoms with van der Waals surface area (Å²) in [7, 11) is 0. The zero-order chi connectivity index (χ0) is 21.3. The van der Waals surface area contributed by atoms with Crippen LogP contribution >= 0.6 is 34.8 Å². The normalized spacial score (nSPS) is 11.0. The maximum Gasteiger partial charge on any atom is 0.227 e. The predicted molar refractivity (Wildman–Crippen MR) is 111 cm³/mol. The number of ether oxygens (including phenoxy) is 1. The van der Waals surface area contributed by atoms with Crippen molar-refractivity contribution in [1.29, 1.82) is 0 Å². The van der Waals surface area contributed by atoms with E-state index in [9.17, 15) is 14.0 Å². The minimum atomic E-state index is -0.596. The number of nitrogens with zero attached hydrogens (tertiary/aromatic N) is 2. The van der Waals surface area contributed by atoms with E-state index in [4.69, 9.17) is 39.5 Å². The molecule has 0 spiro atoms. The second-order valence-corrected chi connectivity index (χ2v) is 7.39.